The monoisotopic (exact) mass is 449 g/mol. The van der Waals surface area contributed by atoms with Gasteiger partial charge in [-0.3, -0.25) is 9.59 Å². The molecule has 1 aromatic rings. The Morgan fingerprint density at radius 3 is 2.65 bits per heavy atom. The molecule has 0 aromatic heterocycles. The zero-order valence-corrected chi connectivity index (χ0v) is 18.9. The summed E-state index contributed by atoms with van der Waals surface area (Å²) < 4.78 is 33.4. The van der Waals surface area contributed by atoms with Crippen LogP contribution in [0.25, 0.3) is 0 Å². The summed E-state index contributed by atoms with van der Waals surface area (Å²) in [5.41, 5.74) is 0.349. The molecule has 2 amide bonds. The molecule has 1 aliphatic carbocycles. The highest BCUT2D eigenvalue weighted by molar-refractivity contribution is 7.89. The first-order valence-electron chi connectivity index (χ1n) is 11.2. The van der Waals surface area contributed by atoms with Gasteiger partial charge in [0.05, 0.1) is 16.5 Å². The Bertz CT molecular complexity index is 956. The van der Waals surface area contributed by atoms with E-state index in [2.05, 4.69) is 17.6 Å². The summed E-state index contributed by atoms with van der Waals surface area (Å²) in [4.78, 5) is 24.8. The average molecular weight is 450 g/mol. The Morgan fingerprint density at radius 2 is 1.90 bits per heavy atom. The van der Waals surface area contributed by atoms with Crippen molar-refractivity contribution in [3.05, 3.63) is 18.2 Å². The van der Waals surface area contributed by atoms with Gasteiger partial charge in [0, 0.05) is 19.1 Å². The largest absolute Gasteiger partial charge is 0.479 e. The number of fused-ring (bicyclic) bond motifs is 1. The summed E-state index contributed by atoms with van der Waals surface area (Å²) in [5, 5.41) is 5.84. The third kappa shape index (κ3) is 4.72. The van der Waals surface area contributed by atoms with Crippen LogP contribution in [-0.2, 0) is 19.6 Å². The number of hydrogen-bond donors (Lipinski definition) is 2. The van der Waals surface area contributed by atoms with Crippen molar-refractivity contribution in [2.75, 3.05) is 18.4 Å². The predicted molar refractivity (Wildman–Crippen MR) is 116 cm³/mol. The molecular formula is C22H31N3O5S. The van der Waals surface area contributed by atoms with E-state index in [1.54, 1.807) is 13.0 Å². The third-order valence-electron chi connectivity index (χ3n) is 6.64. The predicted octanol–water partition coefficient (Wildman–Crippen LogP) is 2.50. The zero-order chi connectivity index (χ0) is 22.2. The highest BCUT2D eigenvalue weighted by atomic mass is 32.2. The minimum atomic E-state index is -3.79. The molecule has 1 aromatic carbocycles. The minimum Gasteiger partial charge on any atom is -0.479 e. The third-order valence-corrected chi connectivity index (χ3v) is 8.50. The molecule has 2 N–H and O–H groups in total. The molecule has 0 spiro atoms. The van der Waals surface area contributed by atoms with Crippen molar-refractivity contribution >= 4 is 27.5 Å². The number of amides is 2. The molecule has 170 valence electrons. The van der Waals surface area contributed by atoms with Crippen LogP contribution in [0.1, 0.15) is 52.4 Å². The van der Waals surface area contributed by atoms with Gasteiger partial charge in [0.1, 0.15) is 5.75 Å². The summed E-state index contributed by atoms with van der Waals surface area (Å²) in [6.07, 6.45) is 4.92. The summed E-state index contributed by atoms with van der Waals surface area (Å²) in [6.45, 7) is 4.43. The van der Waals surface area contributed by atoms with E-state index in [1.165, 1.54) is 16.4 Å². The van der Waals surface area contributed by atoms with Crippen LogP contribution in [0.15, 0.2) is 23.1 Å². The molecule has 0 radical (unpaired) electrons. The van der Waals surface area contributed by atoms with E-state index >= 15 is 0 Å². The van der Waals surface area contributed by atoms with Crippen LogP contribution < -0.4 is 15.4 Å². The normalized spacial score (nSPS) is 29.4. The quantitative estimate of drug-likeness (QED) is 0.735. The second-order valence-electron chi connectivity index (χ2n) is 9.07. The molecule has 8 nitrogen and oxygen atoms in total. The van der Waals surface area contributed by atoms with E-state index in [0.717, 1.165) is 25.7 Å². The molecule has 1 saturated heterocycles. The molecule has 1 saturated carbocycles. The molecule has 2 aliphatic heterocycles. The first-order chi connectivity index (χ1) is 14.7. The van der Waals surface area contributed by atoms with Crippen LogP contribution in [0.5, 0.6) is 5.75 Å². The van der Waals surface area contributed by atoms with Crippen molar-refractivity contribution in [1.82, 2.24) is 9.62 Å². The average Bonchev–Trinajstić information content (AvgIpc) is 2.76. The molecule has 2 heterocycles. The second kappa shape index (κ2) is 8.78. The molecular weight excluding hydrogens is 418 g/mol. The fourth-order valence-corrected chi connectivity index (χ4v) is 6.15. The van der Waals surface area contributed by atoms with Crippen LogP contribution in [-0.4, -0.2) is 49.8 Å². The lowest BCUT2D eigenvalue weighted by Gasteiger charge is -2.33. The van der Waals surface area contributed by atoms with Crippen LogP contribution >= 0.6 is 0 Å². The van der Waals surface area contributed by atoms with Gasteiger partial charge in [0.2, 0.25) is 15.9 Å². The topological polar surface area (TPSA) is 105 Å². The van der Waals surface area contributed by atoms with Crippen molar-refractivity contribution in [1.29, 1.82) is 0 Å². The summed E-state index contributed by atoms with van der Waals surface area (Å²) in [7, 11) is -3.79. The number of carbonyl (C=O) groups excluding carboxylic acids is 2. The van der Waals surface area contributed by atoms with E-state index < -0.39 is 16.1 Å². The van der Waals surface area contributed by atoms with Crippen molar-refractivity contribution in [2.24, 2.45) is 11.8 Å². The minimum absolute atomic E-state index is 0.0421. The van der Waals surface area contributed by atoms with Crippen molar-refractivity contribution in [3.63, 3.8) is 0 Å². The van der Waals surface area contributed by atoms with Gasteiger partial charge in [-0.15, -0.1) is 0 Å². The Hall–Kier alpha value is -2.13. The Kier molecular flexibility index (Phi) is 6.25. The molecule has 2 atom stereocenters. The highest BCUT2D eigenvalue weighted by Crippen LogP contribution is 2.34. The van der Waals surface area contributed by atoms with Crippen LogP contribution in [0.2, 0.25) is 0 Å². The molecule has 31 heavy (non-hydrogen) atoms. The summed E-state index contributed by atoms with van der Waals surface area (Å²) in [5.74, 6) is 0.458. The molecule has 0 unspecified atom stereocenters. The number of hydrogen-bond acceptors (Lipinski definition) is 5. The van der Waals surface area contributed by atoms with Gasteiger partial charge in [-0.05, 0) is 69.6 Å². The van der Waals surface area contributed by atoms with Crippen LogP contribution in [0, 0.1) is 11.8 Å². The standard InChI is InChI=1S/C22H31N3O5S/c1-14-5-7-17(8-6-14)23-22(27)16-4-3-11-25(13-16)31(28,29)18-9-10-20-19(12-18)24-21(26)15(2)30-20/h9-10,12,14-17H,3-8,11,13H2,1-2H3,(H,23,27)(H,24,26)/t14?,15-,16+,17?/m1/s1. The van der Waals surface area contributed by atoms with E-state index in [1.807, 2.05) is 0 Å². The number of nitrogens with zero attached hydrogens (tertiary/aromatic N) is 1. The number of sulfonamides is 1. The van der Waals surface area contributed by atoms with Gasteiger partial charge in [0.15, 0.2) is 6.10 Å². The first kappa shape index (κ1) is 22.1. The number of piperidine rings is 1. The fourth-order valence-electron chi connectivity index (χ4n) is 4.60. The number of ether oxygens (including phenoxy) is 1. The summed E-state index contributed by atoms with van der Waals surface area (Å²) in [6, 6.07) is 4.69. The number of rotatable bonds is 4. The lowest BCUT2D eigenvalue weighted by molar-refractivity contribution is -0.127. The fraction of sp³-hybridized carbons (Fsp3) is 0.636. The van der Waals surface area contributed by atoms with E-state index in [-0.39, 0.29) is 35.2 Å². The van der Waals surface area contributed by atoms with Gasteiger partial charge in [-0.25, -0.2) is 8.42 Å². The zero-order valence-electron chi connectivity index (χ0n) is 18.1. The maximum atomic E-state index is 13.3. The van der Waals surface area contributed by atoms with E-state index in [9.17, 15) is 18.0 Å². The SMILES string of the molecule is CC1CCC(NC(=O)[C@H]2CCCN(S(=O)(=O)c3ccc4c(c3)NC(=O)[C@@H](C)O4)C2)CC1. The highest BCUT2D eigenvalue weighted by Gasteiger charge is 2.35. The lowest BCUT2D eigenvalue weighted by Crippen LogP contribution is -2.48. The summed E-state index contributed by atoms with van der Waals surface area (Å²) >= 11 is 0. The Labute approximate surface area is 183 Å². The maximum Gasteiger partial charge on any atom is 0.265 e. The second-order valence-corrected chi connectivity index (χ2v) is 11.0. The van der Waals surface area contributed by atoms with Crippen molar-refractivity contribution < 1.29 is 22.7 Å². The van der Waals surface area contributed by atoms with Crippen molar-refractivity contribution in [2.45, 2.75) is 69.4 Å². The number of nitrogens with one attached hydrogen (secondary N) is 2. The molecule has 2 fully saturated rings. The number of anilines is 1. The smallest absolute Gasteiger partial charge is 0.265 e. The molecule has 0 bridgehead atoms. The first-order valence-corrected chi connectivity index (χ1v) is 12.6. The van der Waals surface area contributed by atoms with Crippen molar-refractivity contribution in [3.8, 4) is 5.75 Å². The number of carbonyl (C=O) groups is 2. The molecule has 4 rings (SSSR count). The molecule has 9 heteroatoms. The van der Waals surface area contributed by atoms with Gasteiger partial charge in [-0.2, -0.15) is 4.31 Å². The van der Waals surface area contributed by atoms with E-state index in [4.69, 9.17) is 4.74 Å². The van der Waals surface area contributed by atoms with Gasteiger partial charge in [0.25, 0.3) is 5.91 Å². The Balaban J connectivity index is 1.44. The van der Waals surface area contributed by atoms with Crippen LogP contribution in [0.3, 0.4) is 0 Å². The maximum absolute atomic E-state index is 13.3. The Morgan fingerprint density at radius 1 is 1.16 bits per heavy atom. The van der Waals surface area contributed by atoms with Gasteiger partial charge in [-0.1, -0.05) is 6.92 Å². The molecule has 3 aliphatic rings. The van der Waals surface area contributed by atoms with Crippen LogP contribution in [0.4, 0.5) is 5.69 Å². The number of benzene rings is 1. The van der Waals surface area contributed by atoms with Gasteiger partial charge >= 0.3 is 0 Å². The van der Waals surface area contributed by atoms with E-state index in [0.29, 0.717) is 36.7 Å². The lowest BCUT2D eigenvalue weighted by atomic mass is 9.87. The van der Waals surface area contributed by atoms with Gasteiger partial charge < -0.3 is 15.4 Å².